The number of carbonyl (C=O) groups is 1. The highest BCUT2D eigenvalue weighted by molar-refractivity contribution is 8.18. The number of hydrogen-bond acceptors (Lipinski definition) is 5. The maximum Gasteiger partial charge on any atom is 0.416 e. The van der Waals surface area contributed by atoms with Crippen LogP contribution in [-0.2, 0) is 11.0 Å². The molecule has 1 N–H and O–H groups in total. The molecule has 1 amide bonds. The number of anilines is 1. The maximum atomic E-state index is 13.0. The third kappa shape index (κ3) is 4.53. The molecule has 2 aromatic carbocycles. The number of phenolic OH excluding ortho intramolecular Hbond substituents is 1. The molecule has 4 rings (SSSR count). The predicted molar refractivity (Wildman–Crippen MR) is 119 cm³/mol. The number of amides is 1. The number of alkyl halides is 3. The van der Waals surface area contributed by atoms with Crippen molar-refractivity contribution in [2.75, 3.05) is 11.9 Å². The average molecular weight is 479 g/mol. The van der Waals surface area contributed by atoms with Crippen molar-refractivity contribution in [1.82, 2.24) is 0 Å². The molecule has 1 aromatic heterocycles. The number of aromatic hydroxyl groups is 1. The Hall–Kier alpha value is -3.17. The largest absolute Gasteiger partial charge is 0.508 e. The molecule has 3 aromatic rings. The highest BCUT2D eigenvalue weighted by atomic mass is 35.5. The Morgan fingerprint density at radius 1 is 1.12 bits per heavy atom. The second kappa shape index (κ2) is 8.40. The molecule has 32 heavy (non-hydrogen) atoms. The van der Waals surface area contributed by atoms with Gasteiger partial charge in [-0.15, -0.1) is 0 Å². The molecule has 0 unspecified atom stereocenters. The van der Waals surface area contributed by atoms with Crippen LogP contribution >= 0.6 is 23.4 Å². The van der Waals surface area contributed by atoms with Crippen molar-refractivity contribution in [3.63, 3.8) is 0 Å². The molecule has 0 saturated heterocycles. The molecule has 0 atom stereocenters. The van der Waals surface area contributed by atoms with Gasteiger partial charge in [0.2, 0.25) is 0 Å². The van der Waals surface area contributed by atoms with Crippen LogP contribution in [0.5, 0.6) is 5.75 Å². The average Bonchev–Trinajstić information content (AvgIpc) is 3.35. The summed E-state index contributed by atoms with van der Waals surface area (Å²) in [5.74, 6) is 0.0683. The molecule has 0 radical (unpaired) electrons. The summed E-state index contributed by atoms with van der Waals surface area (Å²) >= 11 is 7.19. The number of phenols is 1. The summed E-state index contributed by atoms with van der Waals surface area (Å²) in [5.41, 5.74) is -0.0202. The van der Waals surface area contributed by atoms with Gasteiger partial charge in [0.05, 0.1) is 15.5 Å². The van der Waals surface area contributed by atoms with E-state index in [2.05, 4.69) is 4.99 Å². The van der Waals surface area contributed by atoms with Gasteiger partial charge in [-0.2, -0.15) is 18.2 Å². The third-order valence-corrected chi connectivity index (χ3v) is 5.98. The molecule has 1 aliphatic rings. The second-order valence-corrected chi connectivity index (χ2v) is 8.20. The molecule has 0 spiro atoms. The molecule has 1 aliphatic heterocycles. The van der Waals surface area contributed by atoms with Crippen LogP contribution in [0.3, 0.4) is 0 Å². The Bertz CT molecular complexity index is 1250. The molecule has 0 fully saturated rings. The third-order valence-electron chi connectivity index (χ3n) is 4.59. The van der Waals surface area contributed by atoms with Gasteiger partial charge in [0.25, 0.3) is 5.91 Å². The van der Waals surface area contributed by atoms with Crippen LogP contribution in [0.4, 0.5) is 18.9 Å². The number of hydrogen-bond donors (Lipinski definition) is 1. The molecule has 0 aliphatic carbocycles. The van der Waals surface area contributed by atoms with Crippen molar-refractivity contribution in [2.24, 2.45) is 4.99 Å². The number of halogens is 4. The van der Waals surface area contributed by atoms with Gasteiger partial charge >= 0.3 is 6.18 Å². The number of nitrogens with zero attached hydrogens (tertiary/aromatic N) is 2. The fraction of sp³-hybridized carbons (Fsp3) is 0.0909. The molecule has 164 valence electrons. The number of furan rings is 1. The normalized spacial score (nSPS) is 15.3. The van der Waals surface area contributed by atoms with Crippen LogP contribution in [0.15, 0.2) is 68.9 Å². The van der Waals surface area contributed by atoms with E-state index in [-0.39, 0.29) is 27.9 Å². The highest BCUT2D eigenvalue weighted by Gasteiger charge is 2.31. The van der Waals surface area contributed by atoms with Crippen LogP contribution in [-0.4, -0.2) is 23.2 Å². The van der Waals surface area contributed by atoms with Crippen molar-refractivity contribution in [3.05, 3.63) is 75.8 Å². The number of benzene rings is 2. The molecule has 0 saturated carbocycles. The maximum absolute atomic E-state index is 13.0. The number of amidine groups is 1. The number of rotatable bonds is 3. The van der Waals surface area contributed by atoms with Gasteiger partial charge in [0.1, 0.15) is 17.3 Å². The Morgan fingerprint density at radius 2 is 1.84 bits per heavy atom. The smallest absolute Gasteiger partial charge is 0.416 e. The summed E-state index contributed by atoms with van der Waals surface area (Å²) in [6, 6.07) is 12.4. The molecule has 10 heteroatoms. The monoisotopic (exact) mass is 478 g/mol. The van der Waals surface area contributed by atoms with Crippen molar-refractivity contribution in [3.8, 4) is 17.1 Å². The quantitative estimate of drug-likeness (QED) is 0.439. The van der Waals surface area contributed by atoms with E-state index >= 15 is 0 Å². The number of thioether (sulfide) groups is 1. The Morgan fingerprint density at radius 3 is 2.53 bits per heavy atom. The Labute approximate surface area is 189 Å². The first-order valence-corrected chi connectivity index (χ1v) is 10.3. The van der Waals surface area contributed by atoms with Crippen LogP contribution in [0.2, 0.25) is 5.02 Å². The first-order valence-electron chi connectivity index (χ1n) is 9.14. The van der Waals surface area contributed by atoms with Gasteiger partial charge in [-0.1, -0.05) is 11.6 Å². The van der Waals surface area contributed by atoms with E-state index in [4.69, 9.17) is 16.0 Å². The first-order chi connectivity index (χ1) is 15.1. The fourth-order valence-electron chi connectivity index (χ4n) is 2.92. The second-order valence-electron chi connectivity index (χ2n) is 6.78. The van der Waals surface area contributed by atoms with E-state index in [0.29, 0.717) is 10.1 Å². The molecule has 5 nitrogen and oxygen atoms in total. The van der Waals surface area contributed by atoms with Gasteiger partial charge in [0.15, 0.2) is 5.17 Å². The van der Waals surface area contributed by atoms with Crippen molar-refractivity contribution in [1.29, 1.82) is 0 Å². The zero-order valence-electron chi connectivity index (χ0n) is 16.4. The van der Waals surface area contributed by atoms with Gasteiger partial charge in [-0.05, 0) is 66.4 Å². The lowest BCUT2D eigenvalue weighted by Crippen LogP contribution is -2.21. The minimum absolute atomic E-state index is 0.0977. The van der Waals surface area contributed by atoms with Crippen LogP contribution in [0.1, 0.15) is 11.3 Å². The standard InChI is InChI=1S/C22H14ClF3N2O3S/c1-28(13-3-5-14(29)6-4-13)21-27-20(30)19(32-21)11-15-7-9-18(31-15)16-10-12(22(24,25)26)2-8-17(16)23/h2-11,29H,1H3/b19-11-. The van der Waals surface area contributed by atoms with Crippen LogP contribution in [0, 0.1) is 0 Å². The van der Waals surface area contributed by atoms with E-state index in [0.717, 1.165) is 35.6 Å². The molecular formula is C22H14ClF3N2O3S. The van der Waals surface area contributed by atoms with E-state index in [1.165, 1.54) is 30.3 Å². The first kappa shape index (κ1) is 22.0. The molecule has 2 heterocycles. The lowest BCUT2D eigenvalue weighted by molar-refractivity contribution is -0.137. The topological polar surface area (TPSA) is 66.0 Å². The molecular weight excluding hydrogens is 465 g/mol. The van der Waals surface area contributed by atoms with Gasteiger partial charge in [-0.25, -0.2) is 0 Å². The number of carbonyl (C=O) groups excluding carboxylic acids is 1. The SMILES string of the molecule is CN(C1=NC(=O)/C(=C/c2ccc(-c3cc(C(F)(F)F)ccc3Cl)o2)S1)c1ccc(O)cc1. The van der Waals surface area contributed by atoms with Crippen molar-refractivity contribution < 1.29 is 27.5 Å². The van der Waals surface area contributed by atoms with E-state index in [1.54, 1.807) is 24.1 Å². The zero-order valence-corrected chi connectivity index (χ0v) is 17.9. The summed E-state index contributed by atoms with van der Waals surface area (Å²) in [5, 5.41) is 9.96. The highest BCUT2D eigenvalue weighted by Crippen LogP contribution is 2.37. The minimum atomic E-state index is -4.51. The number of aliphatic imine (C=N–C) groups is 1. The van der Waals surface area contributed by atoms with E-state index in [1.807, 2.05) is 0 Å². The minimum Gasteiger partial charge on any atom is -0.508 e. The molecule has 0 bridgehead atoms. The summed E-state index contributed by atoms with van der Waals surface area (Å²) in [6.45, 7) is 0. The fourth-order valence-corrected chi connectivity index (χ4v) is 4.01. The van der Waals surface area contributed by atoms with E-state index in [9.17, 15) is 23.1 Å². The summed E-state index contributed by atoms with van der Waals surface area (Å²) in [6.07, 6.45) is -3.04. The zero-order chi connectivity index (χ0) is 23.0. The van der Waals surface area contributed by atoms with Crippen LogP contribution in [0.25, 0.3) is 17.4 Å². The van der Waals surface area contributed by atoms with Crippen LogP contribution < -0.4 is 4.90 Å². The van der Waals surface area contributed by atoms with Gasteiger partial charge < -0.3 is 14.4 Å². The Kier molecular flexibility index (Phi) is 5.79. The summed E-state index contributed by atoms with van der Waals surface area (Å²) in [7, 11) is 1.73. The van der Waals surface area contributed by atoms with Crippen molar-refractivity contribution in [2.45, 2.75) is 6.18 Å². The summed E-state index contributed by atoms with van der Waals surface area (Å²) < 4.78 is 44.7. The lowest BCUT2D eigenvalue weighted by atomic mass is 10.1. The van der Waals surface area contributed by atoms with Gasteiger partial charge in [0, 0.05) is 24.4 Å². The predicted octanol–water partition coefficient (Wildman–Crippen LogP) is 6.43. The summed E-state index contributed by atoms with van der Waals surface area (Å²) in [4.78, 5) is 18.4. The van der Waals surface area contributed by atoms with Crippen molar-refractivity contribution >= 4 is 46.2 Å². The van der Waals surface area contributed by atoms with Gasteiger partial charge in [-0.3, -0.25) is 4.79 Å². The van der Waals surface area contributed by atoms with E-state index < -0.39 is 17.6 Å². The Balaban J connectivity index is 1.56. The lowest BCUT2D eigenvalue weighted by Gasteiger charge is -2.17.